The van der Waals surface area contributed by atoms with Gasteiger partial charge in [0.25, 0.3) is 0 Å². The van der Waals surface area contributed by atoms with Gasteiger partial charge < -0.3 is 18.3 Å². The highest BCUT2D eigenvalue weighted by Gasteiger charge is 2.04. The molecule has 3 rings (SSSR count). The summed E-state index contributed by atoms with van der Waals surface area (Å²) in [6.45, 7) is 0. The quantitative estimate of drug-likeness (QED) is 0.368. The van der Waals surface area contributed by atoms with E-state index in [-0.39, 0.29) is 0 Å². The van der Waals surface area contributed by atoms with Gasteiger partial charge in [0, 0.05) is 22.1 Å². The summed E-state index contributed by atoms with van der Waals surface area (Å²) in [5.74, 6) is 0. The zero-order valence-electron chi connectivity index (χ0n) is 9.94. The zero-order valence-corrected chi connectivity index (χ0v) is 9.94. The van der Waals surface area contributed by atoms with Gasteiger partial charge in [0.2, 0.25) is 12.7 Å². The van der Waals surface area contributed by atoms with Crippen LogP contribution in [0.15, 0.2) is 12.1 Å². The molecule has 0 aliphatic heterocycles. The van der Waals surface area contributed by atoms with Crippen molar-refractivity contribution in [3.05, 3.63) is 24.8 Å². The maximum absolute atomic E-state index is 3.22. The molecule has 16 heavy (non-hydrogen) atoms. The first-order valence-electron chi connectivity index (χ1n) is 5.23. The van der Waals surface area contributed by atoms with Gasteiger partial charge >= 0.3 is 0 Å². The molecule has 1 aromatic carbocycles. The Bertz CT molecular complexity index is 588. The molecule has 0 aliphatic carbocycles. The fraction of sp³-hybridized carbons (Fsp3) is 0.333. The molecular weight excluding hydrogens is 200 g/mol. The van der Waals surface area contributed by atoms with E-state index in [1.807, 2.05) is 46.5 Å². The van der Waals surface area contributed by atoms with Crippen molar-refractivity contribution in [2.24, 2.45) is 28.2 Å². The molecular formula is C12H14N4. The highest BCUT2D eigenvalue weighted by molar-refractivity contribution is 5.88. The Hall–Kier alpha value is -1.84. The largest absolute Gasteiger partial charge is 0.348 e. The molecule has 0 N–H and O–H groups in total. The fourth-order valence-electron chi connectivity index (χ4n) is 2.29. The van der Waals surface area contributed by atoms with Gasteiger partial charge in [0.05, 0.1) is 28.2 Å². The maximum Gasteiger partial charge on any atom is 0.204 e. The van der Waals surface area contributed by atoms with E-state index < -0.39 is 0 Å². The van der Waals surface area contributed by atoms with Crippen molar-refractivity contribution < 1.29 is 9.13 Å². The second kappa shape index (κ2) is 2.84. The van der Waals surface area contributed by atoms with Crippen LogP contribution in [0.3, 0.4) is 0 Å². The van der Waals surface area contributed by atoms with E-state index >= 15 is 0 Å². The molecule has 0 aliphatic rings. The predicted octanol–water partition coefficient (Wildman–Crippen LogP) is -0.0806. The van der Waals surface area contributed by atoms with Gasteiger partial charge in [-0.2, -0.15) is 0 Å². The second-order valence-electron chi connectivity index (χ2n) is 4.27. The fourth-order valence-corrected chi connectivity index (χ4v) is 2.29. The first-order valence-corrected chi connectivity index (χ1v) is 5.23. The molecule has 0 fully saturated rings. The van der Waals surface area contributed by atoms with Crippen molar-refractivity contribution in [3.8, 4) is 0 Å². The maximum atomic E-state index is 3.22. The molecule has 4 heteroatoms. The predicted molar refractivity (Wildman–Crippen MR) is 59.4 cm³/mol. The Morgan fingerprint density at radius 1 is 0.875 bits per heavy atom. The number of imidazole rings is 2. The SMILES string of the molecule is Cn1[c-][n+](C)c2cc3c(cc21)[n+](C)[c-]n3C. The lowest BCUT2D eigenvalue weighted by atomic mass is 10.2. The molecule has 3 aromatic rings. The van der Waals surface area contributed by atoms with Crippen molar-refractivity contribution >= 4 is 22.1 Å². The minimum Gasteiger partial charge on any atom is -0.348 e. The summed E-state index contributed by atoms with van der Waals surface area (Å²) < 4.78 is 8.06. The third-order valence-corrected chi connectivity index (χ3v) is 3.12. The number of hydrogen-bond acceptors (Lipinski definition) is 0. The van der Waals surface area contributed by atoms with Crippen LogP contribution in [0, 0.1) is 12.7 Å². The Morgan fingerprint density at radius 2 is 1.25 bits per heavy atom. The lowest BCUT2D eigenvalue weighted by Gasteiger charge is -2.04. The summed E-state index contributed by atoms with van der Waals surface area (Å²) in [7, 11) is 8.06. The van der Waals surface area contributed by atoms with Gasteiger partial charge in [-0.25, -0.2) is 0 Å². The molecule has 0 unspecified atom stereocenters. The standard InChI is InChI=1S/C12H14N4/c1-13-7-14(2)10-6-12-11(5-9(10)13)15(3)8-16(12)4/h5-6H,1-4H3. The van der Waals surface area contributed by atoms with Crippen LogP contribution in [0.4, 0.5) is 0 Å². The summed E-state index contributed by atoms with van der Waals surface area (Å²) in [6.07, 6.45) is 6.45. The minimum atomic E-state index is 1.19. The summed E-state index contributed by atoms with van der Waals surface area (Å²) in [5, 5.41) is 0. The molecule has 4 nitrogen and oxygen atoms in total. The highest BCUT2D eigenvalue weighted by Crippen LogP contribution is 2.17. The zero-order chi connectivity index (χ0) is 11.4. The van der Waals surface area contributed by atoms with Crippen LogP contribution in [0.2, 0.25) is 0 Å². The Morgan fingerprint density at radius 3 is 1.62 bits per heavy atom. The number of fused-ring (bicyclic) bond motifs is 2. The number of aromatic nitrogens is 4. The van der Waals surface area contributed by atoms with Gasteiger partial charge in [-0.1, -0.05) is 12.1 Å². The van der Waals surface area contributed by atoms with Crippen LogP contribution in [0.5, 0.6) is 0 Å². The van der Waals surface area contributed by atoms with Crippen molar-refractivity contribution in [1.82, 2.24) is 9.13 Å². The van der Waals surface area contributed by atoms with Crippen LogP contribution >= 0.6 is 0 Å². The average Bonchev–Trinajstić information content (AvgIpc) is 2.67. The Balaban J connectivity index is 2.58. The minimum absolute atomic E-state index is 1.19. The average molecular weight is 214 g/mol. The first-order chi connectivity index (χ1) is 7.58. The van der Waals surface area contributed by atoms with Crippen molar-refractivity contribution in [1.29, 1.82) is 0 Å². The van der Waals surface area contributed by atoms with Gasteiger partial charge in [-0.05, 0) is 0 Å². The van der Waals surface area contributed by atoms with E-state index in [0.717, 1.165) is 0 Å². The third kappa shape index (κ3) is 1.04. The van der Waals surface area contributed by atoms with Gasteiger partial charge in [-0.3, -0.25) is 0 Å². The second-order valence-corrected chi connectivity index (χ2v) is 4.27. The molecule has 0 saturated carbocycles. The molecule has 2 heterocycles. The normalized spacial score (nSPS) is 11.8. The monoisotopic (exact) mass is 214 g/mol. The smallest absolute Gasteiger partial charge is 0.204 e. The molecule has 2 aromatic heterocycles. The van der Waals surface area contributed by atoms with Crippen molar-refractivity contribution in [3.63, 3.8) is 0 Å². The number of hydrogen-bond donors (Lipinski definition) is 0. The van der Waals surface area contributed by atoms with Gasteiger partial charge in [-0.15, -0.1) is 0 Å². The summed E-state index contributed by atoms with van der Waals surface area (Å²) >= 11 is 0. The molecule has 0 atom stereocenters. The third-order valence-electron chi connectivity index (χ3n) is 3.12. The lowest BCUT2D eigenvalue weighted by Crippen LogP contribution is -2.26. The van der Waals surface area contributed by atoms with E-state index in [2.05, 4.69) is 24.8 Å². The van der Waals surface area contributed by atoms with Crippen LogP contribution in [-0.2, 0) is 28.2 Å². The van der Waals surface area contributed by atoms with Gasteiger partial charge in [0.1, 0.15) is 0 Å². The molecule has 0 spiro atoms. The van der Waals surface area contributed by atoms with Crippen LogP contribution in [0.25, 0.3) is 22.1 Å². The number of benzene rings is 1. The van der Waals surface area contributed by atoms with Crippen LogP contribution in [0.1, 0.15) is 0 Å². The van der Waals surface area contributed by atoms with E-state index in [1.54, 1.807) is 0 Å². The lowest BCUT2D eigenvalue weighted by molar-refractivity contribution is -0.651. The number of nitrogens with zero attached hydrogens (tertiary/aromatic N) is 4. The summed E-state index contributed by atoms with van der Waals surface area (Å²) in [6, 6.07) is 4.36. The highest BCUT2D eigenvalue weighted by atomic mass is 15.1. The van der Waals surface area contributed by atoms with Crippen molar-refractivity contribution in [2.75, 3.05) is 0 Å². The van der Waals surface area contributed by atoms with E-state index in [1.165, 1.54) is 22.1 Å². The summed E-state index contributed by atoms with van der Waals surface area (Å²) in [5.41, 5.74) is 4.74. The summed E-state index contributed by atoms with van der Waals surface area (Å²) in [4.78, 5) is 0. The van der Waals surface area contributed by atoms with E-state index in [0.29, 0.717) is 0 Å². The van der Waals surface area contributed by atoms with Crippen LogP contribution < -0.4 is 9.13 Å². The number of aryl methyl sites for hydroxylation is 4. The van der Waals surface area contributed by atoms with E-state index in [9.17, 15) is 0 Å². The molecule has 82 valence electrons. The molecule has 0 amide bonds. The Labute approximate surface area is 94.0 Å². The molecule has 0 bridgehead atoms. The molecule has 0 radical (unpaired) electrons. The molecule has 0 saturated heterocycles. The first kappa shape index (κ1) is 9.39. The number of rotatable bonds is 0. The van der Waals surface area contributed by atoms with Crippen molar-refractivity contribution in [2.45, 2.75) is 0 Å². The Kier molecular flexibility index (Phi) is 1.67. The van der Waals surface area contributed by atoms with Crippen LogP contribution in [-0.4, -0.2) is 9.13 Å². The topological polar surface area (TPSA) is 17.6 Å². The van der Waals surface area contributed by atoms with E-state index in [4.69, 9.17) is 0 Å². The van der Waals surface area contributed by atoms with Gasteiger partial charge in [0.15, 0.2) is 0 Å².